The predicted molar refractivity (Wildman–Crippen MR) is 53.6 cm³/mol. The first-order valence-electron chi connectivity index (χ1n) is 4.17. The van der Waals surface area contributed by atoms with Crippen LogP contribution in [0.2, 0.25) is 0 Å². The first kappa shape index (κ1) is 8.68. The fraction of sp³-hybridized carbons (Fsp3) is 0.375. The topological polar surface area (TPSA) is 55.3 Å². The number of nitrogens with zero attached hydrogens (tertiary/aromatic N) is 2. The van der Waals surface area contributed by atoms with Crippen LogP contribution in [0.4, 0.5) is 0 Å². The molecule has 2 heterocycles. The van der Waals surface area contributed by atoms with Crippen molar-refractivity contribution in [3.63, 3.8) is 0 Å². The Labute approximate surface area is 80.4 Å². The Hall–Kier alpha value is -0.910. The van der Waals surface area contributed by atoms with Crippen molar-refractivity contribution in [1.29, 1.82) is 0 Å². The second kappa shape index (κ2) is 3.45. The van der Waals surface area contributed by atoms with Crippen LogP contribution >= 0.6 is 11.3 Å². The fourth-order valence-electron chi connectivity index (χ4n) is 1.25. The van der Waals surface area contributed by atoms with Crippen molar-refractivity contribution in [3.05, 3.63) is 23.5 Å². The molecule has 0 radical (unpaired) electrons. The number of hydrogen-bond acceptors (Lipinski definition) is 4. The minimum atomic E-state index is 0.268. The molecule has 5 heteroatoms. The quantitative estimate of drug-likeness (QED) is 0.563. The Bertz CT molecular complexity index is 363. The standard InChI is InChI=1S/C8H12N4S/c1-6(11-9)4-7-5-12-2-3-13-8(12)10-7/h2-3,5-6,11H,4,9H2,1H3. The largest absolute Gasteiger partial charge is 0.297 e. The lowest BCUT2D eigenvalue weighted by molar-refractivity contribution is 0.563. The average Bonchev–Trinajstić information content (AvgIpc) is 2.63. The van der Waals surface area contributed by atoms with Gasteiger partial charge < -0.3 is 0 Å². The van der Waals surface area contributed by atoms with E-state index in [0.29, 0.717) is 0 Å². The van der Waals surface area contributed by atoms with Gasteiger partial charge >= 0.3 is 0 Å². The molecule has 2 rings (SSSR count). The summed E-state index contributed by atoms with van der Waals surface area (Å²) in [5.74, 6) is 5.31. The van der Waals surface area contributed by atoms with Crippen molar-refractivity contribution in [3.8, 4) is 0 Å². The lowest BCUT2D eigenvalue weighted by Gasteiger charge is -2.05. The number of hydrazine groups is 1. The van der Waals surface area contributed by atoms with E-state index in [1.54, 1.807) is 11.3 Å². The third-order valence-corrected chi connectivity index (χ3v) is 2.71. The van der Waals surface area contributed by atoms with Crippen LogP contribution < -0.4 is 11.3 Å². The maximum absolute atomic E-state index is 5.31. The van der Waals surface area contributed by atoms with Crippen molar-refractivity contribution < 1.29 is 0 Å². The summed E-state index contributed by atoms with van der Waals surface area (Å²) in [4.78, 5) is 5.49. The summed E-state index contributed by atoms with van der Waals surface area (Å²) in [7, 11) is 0. The summed E-state index contributed by atoms with van der Waals surface area (Å²) in [6, 6.07) is 0.268. The average molecular weight is 196 g/mol. The molecule has 2 aromatic rings. The van der Waals surface area contributed by atoms with Crippen LogP contribution in [0, 0.1) is 0 Å². The number of rotatable bonds is 3. The monoisotopic (exact) mass is 196 g/mol. The van der Waals surface area contributed by atoms with Gasteiger partial charge in [0.05, 0.1) is 5.69 Å². The number of imidazole rings is 1. The fourth-order valence-corrected chi connectivity index (χ4v) is 1.97. The normalized spacial score (nSPS) is 13.7. The highest BCUT2D eigenvalue weighted by Crippen LogP contribution is 2.12. The van der Waals surface area contributed by atoms with Gasteiger partial charge in [0.25, 0.3) is 0 Å². The van der Waals surface area contributed by atoms with E-state index in [4.69, 9.17) is 5.84 Å². The van der Waals surface area contributed by atoms with Crippen molar-refractivity contribution in [2.24, 2.45) is 5.84 Å². The van der Waals surface area contributed by atoms with E-state index < -0.39 is 0 Å². The summed E-state index contributed by atoms with van der Waals surface area (Å²) in [5, 5.41) is 2.02. The maximum Gasteiger partial charge on any atom is 0.193 e. The predicted octanol–water partition coefficient (Wildman–Crippen LogP) is 0.790. The lowest BCUT2D eigenvalue weighted by Crippen LogP contribution is -2.34. The molecule has 0 fully saturated rings. The van der Waals surface area contributed by atoms with Crippen LogP contribution in [0.5, 0.6) is 0 Å². The molecular weight excluding hydrogens is 184 g/mol. The summed E-state index contributed by atoms with van der Waals surface area (Å²) < 4.78 is 2.03. The number of thiazole rings is 1. The Kier molecular flexibility index (Phi) is 2.30. The molecule has 2 aromatic heterocycles. The first-order valence-corrected chi connectivity index (χ1v) is 5.05. The zero-order valence-electron chi connectivity index (χ0n) is 7.40. The highest BCUT2D eigenvalue weighted by molar-refractivity contribution is 7.15. The first-order chi connectivity index (χ1) is 6.29. The van der Waals surface area contributed by atoms with Gasteiger partial charge in [-0.15, -0.1) is 11.3 Å². The molecule has 0 aromatic carbocycles. The molecule has 3 N–H and O–H groups in total. The third kappa shape index (κ3) is 1.72. The molecule has 13 heavy (non-hydrogen) atoms. The van der Waals surface area contributed by atoms with Gasteiger partial charge in [0.15, 0.2) is 4.96 Å². The van der Waals surface area contributed by atoms with Gasteiger partial charge in [0, 0.05) is 30.2 Å². The van der Waals surface area contributed by atoms with Crippen LogP contribution in [0.1, 0.15) is 12.6 Å². The van der Waals surface area contributed by atoms with E-state index in [1.165, 1.54) is 0 Å². The molecule has 0 spiro atoms. The number of nitrogens with two attached hydrogens (primary N) is 1. The second-order valence-corrected chi connectivity index (χ2v) is 3.97. The minimum Gasteiger partial charge on any atom is -0.297 e. The third-order valence-electron chi connectivity index (χ3n) is 1.94. The molecule has 0 aliphatic heterocycles. The van der Waals surface area contributed by atoms with Gasteiger partial charge in [0.1, 0.15) is 0 Å². The van der Waals surface area contributed by atoms with Crippen molar-refractivity contribution >= 4 is 16.3 Å². The molecule has 0 saturated carbocycles. The van der Waals surface area contributed by atoms with Crippen molar-refractivity contribution in [1.82, 2.24) is 14.8 Å². The highest BCUT2D eigenvalue weighted by atomic mass is 32.1. The van der Waals surface area contributed by atoms with E-state index >= 15 is 0 Å². The molecule has 0 amide bonds. The molecule has 70 valence electrons. The summed E-state index contributed by atoms with van der Waals surface area (Å²) in [6.45, 7) is 2.04. The highest BCUT2D eigenvalue weighted by Gasteiger charge is 2.05. The SMILES string of the molecule is CC(Cc1cn2ccsc2n1)NN. The number of aromatic nitrogens is 2. The lowest BCUT2D eigenvalue weighted by atomic mass is 10.2. The van der Waals surface area contributed by atoms with E-state index in [1.807, 2.05) is 29.1 Å². The second-order valence-electron chi connectivity index (χ2n) is 3.10. The summed E-state index contributed by atoms with van der Waals surface area (Å²) >= 11 is 1.64. The summed E-state index contributed by atoms with van der Waals surface area (Å²) in [6.07, 6.45) is 4.92. The van der Waals surface area contributed by atoms with E-state index in [0.717, 1.165) is 17.1 Å². The van der Waals surface area contributed by atoms with Crippen molar-refractivity contribution in [2.75, 3.05) is 0 Å². The number of hydrogen-bond donors (Lipinski definition) is 2. The van der Waals surface area contributed by atoms with Gasteiger partial charge in [-0.3, -0.25) is 15.7 Å². The number of nitrogens with one attached hydrogen (secondary N) is 1. The molecule has 0 bridgehead atoms. The van der Waals surface area contributed by atoms with Gasteiger partial charge in [-0.2, -0.15) is 0 Å². The van der Waals surface area contributed by atoms with Gasteiger partial charge in [0.2, 0.25) is 0 Å². The Morgan fingerprint density at radius 1 is 1.77 bits per heavy atom. The van der Waals surface area contributed by atoms with Crippen LogP contribution in [-0.2, 0) is 6.42 Å². The molecule has 0 aliphatic carbocycles. The van der Waals surface area contributed by atoms with Gasteiger partial charge in [-0.05, 0) is 6.92 Å². The van der Waals surface area contributed by atoms with E-state index in [-0.39, 0.29) is 6.04 Å². The Morgan fingerprint density at radius 2 is 2.62 bits per heavy atom. The van der Waals surface area contributed by atoms with Crippen LogP contribution in [-0.4, -0.2) is 15.4 Å². The van der Waals surface area contributed by atoms with Crippen LogP contribution in [0.25, 0.3) is 4.96 Å². The molecule has 0 aliphatic rings. The Balaban J connectivity index is 2.20. The Morgan fingerprint density at radius 3 is 3.31 bits per heavy atom. The zero-order chi connectivity index (χ0) is 9.26. The van der Waals surface area contributed by atoms with Crippen LogP contribution in [0.15, 0.2) is 17.8 Å². The zero-order valence-corrected chi connectivity index (χ0v) is 8.21. The van der Waals surface area contributed by atoms with Crippen LogP contribution in [0.3, 0.4) is 0 Å². The van der Waals surface area contributed by atoms with Gasteiger partial charge in [-0.1, -0.05) is 0 Å². The van der Waals surface area contributed by atoms with Gasteiger partial charge in [-0.25, -0.2) is 4.98 Å². The molecule has 0 saturated heterocycles. The maximum atomic E-state index is 5.31. The minimum absolute atomic E-state index is 0.268. The smallest absolute Gasteiger partial charge is 0.193 e. The van der Waals surface area contributed by atoms with Crippen molar-refractivity contribution in [2.45, 2.75) is 19.4 Å². The summed E-state index contributed by atoms with van der Waals surface area (Å²) in [5.41, 5.74) is 3.78. The molecular formula is C8H12N4S. The van der Waals surface area contributed by atoms with E-state index in [9.17, 15) is 0 Å². The molecule has 4 nitrogen and oxygen atoms in total. The molecule has 1 unspecified atom stereocenters. The number of fused-ring (bicyclic) bond motifs is 1. The van der Waals surface area contributed by atoms with E-state index in [2.05, 4.69) is 10.4 Å². The molecule has 1 atom stereocenters.